The minimum Gasteiger partial charge on any atom is -0.369 e. The van der Waals surface area contributed by atoms with E-state index >= 15 is 0 Å². The second-order valence-corrected chi connectivity index (χ2v) is 7.74. The molecule has 1 fully saturated rings. The van der Waals surface area contributed by atoms with Crippen LogP contribution in [0.15, 0.2) is 18.2 Å². The van der Waals surface area contributed by atoms with Gasteiger partial charge in [-0.2, -0.15) is 0 Å². The lowest BCUT2D eigenvalue weighted by Gasteiger charge is -2.36. The first-order valence-corrected chi connectivity index (χ1v) is 9.42. The van der Waals surface area contributed by atoms with E-state index < -0.39 is 0 Å². The first-order chi connectivity index (χ1) is 11.5. The highest BCUT2D eigenvalue weighted by atomic mass is 16.1. The van der Waals surface area contributed by atoms with E-state index in [0.717, 1.165) is 25.9 Å². The number of benzene rings is 1. The van der Waals surface area contributed by atoms with Crippen LogP contribution in [-0.2, 0) is 11.2 Å². The van der Waals surface area contributed by atoms with E-state index in [-0.39, 0.29) is 5.91 Å². The van der Waals surface area contributed by atoms with Crippen molar-refractivity contribution in [1.82, 2.24) is 10.2 Å². The summed E-state index contributed by atoms with van der Waals surface area (Å²) in [7, 11) is 0. The molecule has 3 rings (SSSR count). The molecule has 1 saturated heterocycles. The zero-order valence-electron chi connectivity index (χ0n) is 15.1. The van der Waals surface area contributed by atoms with Crippen molar-refractivity contribution in [3.8, 4) is 0 Å². The second kappa shape index (κ2) is 7.66. The van der Waals surface area contributed by atoms with Crippen LogP contribution in [0.4, 0.5) is 0 Å². The SMILES string of the molecule is CC(C)c1ccc2c(c1)C(NC1CCN(CC(N)=O)CC1)CCC2. The van der Waals surface area contributed by atoms with Gasteiger partial charge in [-0.15, -0.1) is 0 Å². The number of likely N-dealkylation sites (tertiary alicyclic amines) is 1. The molecular formula is C20H31N3O. The first-order valence-electron chi connectivity index (χ1n) is 9.42. The number of carbonyl (C=O) groups is 1. The molecule has 1 heterocycles. The van der Waals surface area contributed by atoms with E-state index in [9.17, 15) is 4.79 Å². The second-order valence-electron chi connectivity index (χ2n) is 7.74. The fourth-order valence-electron chi connectivity index (χ4n) is 4.11. The summed E-state index contributed by atoms with van der Waals surface area (Å²) in [6, 6.07) is 8.11. The zero-order valence-corrected chi connectivity index (χ0v) is 15.1. The van der Waals surface area contributed by atoms with Gasteiger partial charge in [0, 0.05) is 25.2 Å². The molecule has 1 aliphatic carbocycles. The van der Waals surface area contributed by atoms with E-state index in [1.165, 1.54) is 36.0 Å². The highest BCUT2D eigenvalue weighted by Gasteiger charge is 2.26. The number of aryl methyl sites for hydroxylation is 1. The van der Waals surface area contributed by atoms with Crippen LogP contribution in [-0.4, -0.2) is 36.5 Å². The Morgan fingerprint density at radius 1 is 1.29 bits per heavy atom. The fraction of sp³-hybridized carbons (Fsp3) is 0.650. The van der Waals surface area contributed by atoms with Crippen molar-refractivity contribution in [2.75, 3.05) is 19.6 Å². The molecular weight excluding hydrogens is 298 g/mol. The van der Waals surface area contributed by atoms with Crippen LogP contribution < -0.4 is 11.1 Å². The van der Waals surface area contributed by atoms with Crippen LogP contribution in [0.2, 0.25) is 0 Å². The number of nitrogens with one attached hydrogen (secondary N) is 1. The van der Waals surface area contributed by atoms with Crippen LogP contribution in [0.5, 0.6) is 0 Å². The monoisotopic (exact) mass is 329 g/mol. The minimum absolute atomic E-state index is 0.219. The Hall–Kier alpha value is -1.39. The summed E-state index contributed by atoms with van der Waals surface area (Å²) in [6.45, 7) is 6.86. The lowest BCUT2D eigenvalue weighted by atomic mass is 9.84. The van der Waals surface area contributed by atoms with Gasteiger partial charge in [0.1, 0.15) is 0 Å². The van der Waals surface area contributed by atoms with Gasteiger partial charge < -0.3 is 11.1 Å². The standard InChI is InChI=1S/C20H31N3O/c1-14(2)16-7-6-15-4-3-5-19(18(15)12-16)22-17-8-10-23(11-9-17)13-20(21)24/h6-7,12,14,17,19,22H,3-5,8-11,13H2,1-2H3,(H2,21,24). The number of hydrogen-bond donors (Lipinski definition) is 2. The van der Waals surface area contributed by atoms with Crippen molar-refractivity contribution in [3.63, 3.8) is 0 Å². The van der Waals surface area contributed by atoms with Gasteiger partial charge in [-0.3, -0.25) is 9.69 Å². The summed E-state index contributed by atoms with van der Waals surface area (Å²) in [5, 5.41) is 3.91. The molecule has 4 nitrogen and oxygen atoms in total. The van der Waals surface area contributed by atoms with Gasteiger partial charge in [-0.1, -0.05) is 32.0 Å². The Morgan fingerprint density at radius 3 is 2.71 bits per heavy atom. The lowest BCUT2D eigenvalue weighted by Crippen LogP contribution is -2.46. The van der Waals surface area contributed by atoms with Crippen molar-refractivity contribution in [3.05, 3.63) is 34.9 Å². The maximum atomic E-state index is 11.1. The van der Waals surface area contributed by atoms with E-state index in [1.807, 2.05) is 0 Å². The molecule has 0 saturated carbocycles. The third kappa shape index (κ3) is 4.17. The van der Waals surface area contributed by atoms with Gasteiger partial charge in [0.25, 0.3) is 0 Å². The zero-order chi connectivity index (χ0) is 17.1. The molecule has 24 heavy (non-hydrogen) atoms. The predicted molar refractivity (Wildman–Crippen MR) is 98.0 cm³/mol. The summed E-state index contributed by atoms with van der Waals surface area (Å²) in [6.07, 6.45) is 5.91. The number of piperidine rings is 1. The third-order valence-corrected chi connectivity index (χ3v) is 5.55. The normalized spacial score (nSPS) is 22.5. The summed E-state index contributed by atoms with van der Waals surface area (Å²) in [5.74, 6) is 0.360. The van der Waals surface area contributed by atoms with E-state index in [0.29, 0.717) is 24.5 Å². The van der Waals surface area contributed by atoms with Gasteiger partial charge in [0.2, 0.25) is 5.91 Å². The maximum absolute atomic E-state index is 11.1. The molecule has 0 bridgehead atoms. The van der Waals surface area contributed by atoms with Crippen LogP contribution in [0.3, 0.4) is 0 Å². The Labute approximate surface area is 145 Å². The number of nitrogens with two attached hydrogens (primary N) is 1. The molecule has 1 amide bonds. The van der Waals surface area contributed by atoms with Crippen LogP contribution in [0, 0.1) is 0 Å². The predicted octanol–water partition coefficient (Wildman–Crippen LogP) is 2.73. The van der Waals surface area contributed by atoms with E-state index in [4.69, 9.17) is 5.73 Å². The highest BCUT2D eigenvalue weighted by Crippen LogP contribution is 2.33. The number of carbonyl (C=O) groups excluding carboxylic acids is 1. The highest BCUT2D eigenvalue weighted by molar-refractivity contribution is 5.75. The molecule has 0 aromatic heterocycles. The van der Waals surface area contributed by atoms with Crippen LogP contribution in [0.1, 0.15) is 68.2 Å². The number of amides is 1. The molecule has 1 unspecified atom stereocenters. The first kappa shape index (κ1) is 17.4. The number of primary amides is 1. The van der Waals surface area contributed by atoms with E-state index in [1.54, 1.807) is 0 Å². The van der Waals surface area contributed by atoms with Crippen LogP contribution in [0.25, 0.3) is 0 Å². The molecule has 1 aliphatic heterocycles. The number of fused-ring (bicyclic) bond motifs is 1. The van der Waals surface area contributed by atoms with E-state index in [2.05, 4.69) is 42.3 Å². The van der Waals surface area contributed by atoms with Gasteiger partial charge in [0.15, 0.2) is 0 Å². The number of nitrogens with zero attached hydrogens (tertiary/aromatic N) is 1. The fourth-order valence-corrected chi connectivity index (χ4v) is 4.11. The molecule has 3 N–H and O–H groups in total. The van der Waals surface area contributed by atoms with Crippen molar-refractivity contribution in [1.29, 1.82) is 0 Å². The summed E-state index contributed by atoms with van der Waals surface area (Å²) < 4.78 is 0. The molecule has 2 aliphatic rings. The summed E-state index contributed by atoms with van der Waals surface area (Å²) in [5.41, 5.74) is 9.79. The van der Waals surface area contributed by atoms with Gasteiger partial charge in [0.05, 0.1) is 6.54 Å². The van der Waals surface area contributed by atoms with Crippen molar-refractivity contribution in [2.45, 2.75) is 64.0 Å². The van der Waals surface area contributed by atoms with Gasteiger partial charge in [-0.25, -0.2) is 0 Å². The maximum Gasteiger partial charge on any atom is 0.231 e. The largest absolute Gasteiger partial charge is 0.369 e. The van der Waals surface area contributed by atoms with Crippen molar-refractivity contribution in [2.24, 2.45) is 5.73 Å². The molecule has 0 radical (unpaired) electrons. The average Bonchev–Trinajstić information content (AvgIpc) is 2.56. The van der Waals surface area contributed by atoms with Gasteiger partial charge in [-0.05, 0) is 54.7 Å². The quantitative estimate of drug-likeness (QED) is 0.873. The van der Waals surface area contributed by atoms with Crippen molar-refractivity contribution < 1.29 is 4.79 Å². The van der Waals surface area contributed by atoms with Crippen molar-refractivity contribution >= 4 is 5.91 Å². The molecule has 0 spiro atoms. The average molecular weight is 329 g/mol. The number of rotatable bonds is 5. The molecule has 132 valence electrons. The molecule has 1 aromatic rings. The Balaban J connectivity index is 1.63. The Bertz CT molecular complexity index is 576. The Kier molecular flexibility index (Phi) is 5.57. The minimum atomic E-state index is -0.219. The third-order valence-electron chi connectivity index (χ3n) is 5.55. The smallest absolute Gasteiger partial charge is 0.231 e. The number of hydrogen-bond acceptors (Lipinski definition) is 3. The molecule has 1 aromatic carbocycles. The molecule has 1 atom stereocenters. The van der Waals surface area contributed by atoms with Gasteiger partial charge >= 0.3 is 0 Å². The summed E-state index contributed by atoms with van der Waals surface area (Å²) in [4.78, 5) is 13.2. The Morgan fingerprint density at radius 2 is 2.04 bits per heavy atom. The van der Waals surface area contributed by atoms with Crippen LogP contribution >= 0.6 is 0 Å². The summed E-state index contributed by atoms with van der Waals surface area (Å²) >= 11 is 0. The topological polar surface area (TPSA) is 58.4 Å². The molecule has 4 heteroatoms. The lowest BCUT2D eigenvalue weighted by molar-refractivity contribution is -0.119.